The average Bonchev–Trinajstić information content (AvgIpc) is 3.13. The molecule has 0 saturated carbocycles. The van der Waals surface area contributed by atoms with E-state index in [-0.39, 0.29) is 0 Å². The van der Waals surface area contributed by atoms with Crippen LogP contribution in [-0.2, 0) is 0 Å². The molecule has 4 aromatic rings. The summed E-state index contributed by atoms with van der Waals surface area (Å²) in [4.78, 5) is 10.9. The van der Waals surface area contributed by atoms with E-state index in [2.05, 4.69) is 25.5 Å². The zero-order valence-electron chi connectivity index (χ0n) is 15.7. The highest BCUT2D eigenvalue weighted by molar-refractivity contribution is 6.07. The van der Waals surface area contributed by atoms with Crippen molar-refractivity contribution < 1.29 is 19.2 Å². The van der Waals surface area contributed by atoms with Gasteiger partial charge in [-0.15, -0.1) is 10.1 Å². The predicted molar refractivity (Wildman–Crippen MR) is 107 cm³/mol. The summed E-state index contributed by atoms with van der Waals surface area (Å²) in [7, 11) is 4.76. The van der Waals surface area contributed by atoms with E-state index in [0.717, 1.165) is 27.5 Å². The minimum atomic E-state index is 0.590. The number of hydrazone groups is 1. The Bertz CT molecular complexity index is 1170. The monoisotopic (exact) mass is 378 g/mol. The summed E-state index contributed by atoms with van der Waals surface area (Å²) in [6, 6.07) is 11.6. The van der Waals surface area contributed by atoms with E-state index in [1.807, 2.05) is 24.3 Å². The highest BCUT2D eigenvalue weighted by atomic mass is 16.5. The Morgan fingerprint density at radius 3 is 2.57 bits per heavy atom. The lowest BCUT2D eigenvalue weighted by molar-refractivity contribution is -0.364. The molecule has 2 aromatic heterocycles. The number of para-hydroxylation sites is 1. The van der Waals surface area contributed by atoms with Crippen LogP contribution in [0.5, 0.6) is 17.2 Å². The van der Waals surface area contributed by atoms with E-state index in [4.69, 9.17) is 14.2 Å². The molecule has 8 nitrogen and oxygen atoms in total. The number of benzene rings is 2. The van der Waals surface area contributed by atoms with Crippen LogP contribution in [0.4, 0.5) is 5.82 Å². The first-order valence-electron chi connectivity index (χ1n) is 8.61. The first-order chi connectivity index (χ1) is 13.7. The minimum absolute atomic E-state index is 0.590. The van der Waals surface area contributed by atoms with E-state index in [1.165, 1.54) is 0 Å². The number of fused-ring (bicyclic) bond motifs is 3. The third-order valence-corrected chi connectivity index (χ3v) is 4.45. The molecule has 8 heteroatoms. The summed E-state index contributed by atoms with van der Waals surface area (Å²) in [6.45, 7) is 0. The molecule has 0 bridgehead atoms. The molecule has 0 aliphatic heterocycles. The Balaban J connectivity index is 1.67. The molecule has 2 aromatic carbocycles. The van der Waals surface area contributed by atoms with Crippen molar-refractivity contribution in [2.75, 3.05) is 26.8 Å². The lowest BCUT2D eigenvalue weighted by Crippen LogP contribution is -2.11. The van der Waals surface area contributed by atoms with Gasteiger partial charge in [-0.2, -0.15) is 5.43 Å². The summed E-state index contributed by atoms with van der Waals surface area (Å²) in [6.07, 6.45) is 3.29. The number of methoxy groups -OCH3 is 3. The maximum Gasteiger partial charge on any atom is 0.270 e. The number of aromatic amines is 2. The Labute approximate surface area is 161 Å². The normalized spacial score (nSPS) is 11.2. The molecule has 2 heterocycles. The molecule has 0 radical (unpaired) electrons. The van der Waals surface area contributed by atoms with Crippen LogP contribution in [0, 0.1) is 0 Å². The van der Waals surface area contributed by atoms with Crippen LogP contribution < -0.4 is 24.6 Å². The molecule has 0 fully saturated rings. The van der Waals surface area contributed by atoms with Gasteiger partial charge < -0.3 is 19.2 Å². The molecule has 0 amide bonds. The summed E-state index contributed by atoms with van der Waals surface area (Å²) in [5.41, 5.74) is 6.51. The van der Waals surface area contributed by atoms with E-state index >= 15 is 0 Å². The quantitative estimate of drug-likeness (QED) is 0.397. The Hall–Kier alpha value is -3.81. The van der Waals surface area contributed by atoms with Crippen molar-refractivity contribution in [1.29, 1.82) is 0 Å². The second-order valence-corrected chi connectivity index (χ2v) is 5.99. The summed E-state index contributed by atoms with van der Waals surface area (Å²) in [5.74, 6) is 2.51. The standard InChI is InChI=1S/C20H19N5O3/c1-26-15-9-17(28-3)16(27-2)8-12(15)10-23-25-20-19-18(21-11-22-20)13-6-4-5-7-14(13)24-19/h4-11,24H,1-3H3,(H,21,22,25)/p+1/b23-10+. The molecule has 4 rings (SSSR count). The minimum Gasteiger partial charge on any atom is -0.496 e. The maximum atomic E-state index is 5.42. The largest absolute Gasteiger partial charge is 0.496 e. The smallest absolute Gasteiger partial charge is 0.270 e. The fourth-order valence-electron chi connectivity index (χ4n) is 3.08. The first kappa shape index (κ1) is 17.6. The summed E-state index contributed by atoms with van der Waals surface area (Å²) in [5, 5.41) is 5.40. The Kier molecular flexibility index (Phi) is 4.67. The molecule has 28 heavy (non-hydrogen) atoms. The van der Waals surface area contributed by atoms with Gasteiger partial charge in [0.2, 0.25) is 6.33 Å². The molecule has 0 spiro atoms. The van der Waals surface area contributed by atoms with Crippen molar-refractivity contribution in [3.8, 4) is 17.2 Å². The zero-order valence-corrected chi connectivity index (χ0v) is 15.7. The van der Waals surface area contributed by atoms with Crippen LogP contribution in [0.1, 0.15) is 5.56 Å². The molecule has 0 aliphatic carbocycles. The second kappa shape index (κ2) is 7.43. The highest BCUT2D eigenvalue weighted by Crippen LogP contribution is 2.33. The van der Waals surface area contributed by atoms with E-state index in [9.17, 15) is 0 Å². The van der Waals surface area contributed by atoms with Gasteiger partial charge in [0.05, 0.1) is 27.5 Å². The van der Waals surface area contributed by atoms with Crippen molar-refractivity contribution in [3.63, 3.8) is 0 Å². The lowest BCUT2D eigenvalue weighted by atomic mass is 10.2. The SMILES string of the molecule is COc1cc(OC)c(OC)cc1/C=N/Nc1[nH+]cnc2c1[nH]c1ccccc12. The lowest BCUT2D eigenvalue weighted by Gasteiger charge is -2.11. The number of rotatable bonds is 6. The van der Waals surface area contributed by atoms with Crippen molar-refractivity contribution in [2.45, 2.75) is 0 Å². The topological polar surface area (TPSA) is 94.9 Å². The van der Waals surface area contributed by atoms with Crippen molar-refractivity contribution >= 4 is 34.0 Å². The Morgan fingerprint density at radius 1 is 1.04 bits per heavy atom. The predicted octanol–water partition coefficient (Wildman–Crippen LogP) is 3.00. The number of H-pyrrole nitrogens is 2. The fourth-order valence-corrected chi connectivity index (χ4v) is 3.08. The molecule has 0 aliphatic rings. The van der Waals surface area contributed by atoms with E-state index in [0.29, 0.717) is 23.1 Å². The van der Waals surface area contributed by atoms with Gasteiger partial charge in [0, 0.05) is 22.5 Å². The fraction of sp³-hybridized carbons (Fsp3) is 0.150. The van der Waals surface area contributed by atoms with Gasteiger partial charge in [-0.25, -0.2) is 4.98 Å². The zero-order chi connectivity index (χ0) is 19.5. The van der Waals surface area contributed by atoms with Gasteiger partial charge in [0.25, 0.3) is 5.82 Å². The molecule has 0 saturated heterocycles. The molecule has 0 unspecified atom stereocenters. The molecule has 0 atom stereocenters. The van der Waals surface area contributed by atoms with Crippen LogP contribution in [-0.4, -0.2) is 37.5 Å². The van der Waals surface area contributed by atoms with Gasteiger partial charge in [-0.05, 0) is 18.2 Å². The third kappa shape index (κ3) is 3.05. The molecular formula is C20H20N5O3+. The molecule has 142 valence electrons. The number of ether oxygens (including phenoxy) is 3. The van der Waals surface area contributed by atoms with E-state index in [1.54, 1.807) is 46.0 Å². The summed E-state index contributed by atoms with van der Waals surface area (Å²) >= 11 is 0. The number of nitrogens with one attached hydrogen (secondary N) is 3. The van der Waals surface area contributed by atoms with E-state index < -0.39 is 0 Å². The van der Waals surface area contributed by atoms with Crippen LogP contribution in [0.25, 0.3) is 21.9 Å². The summed E-state index contributed by atoms with van der Waals surface area (Å²) < 4.78 is 16.1. The van der Waals surface area contributed by atoms with Gasteiger partial charge >= 0.3 is 0 Å². The van der Waals surface area contributed by atoms with Crippen LogP contribution in [0.15, 0.2) is 47.8 Å². The van der Waals surface area contributed by atoms with Gasteiger partial charge in [0.1, 0.15) is 5.75 Å². The highest BCUT2D eigenvalue weighted by Gasteiger charge is 2.15. The third-order valence-electron chi connectivity index (χ3n) is 4.45. The molecular weight excluding hydrogens is 358 g/mol. The number of aromatic nitrogens is 3. The second-order valence-electron chi connectivity index (χ2n) is 5.99. The number of hydrogen-bond donors (Lipinski definition) is 2. The maximum absolute atomic E-state index is 5.42. The van der Waals surface area contributed by atoms with Gasteiger partial charge in [-0.1, -0.05) is 12.1 Å². The average molecular weight is 378 g/mol. The van der Waals surface area contributed by atoms with Crippen LogP contribution >= 0.6 is 0 Å². The van der Waals surface area contributed by atoms with Crippen molar-refractivity contribution in [1.82, 2.24) is 9.97 Å². The number of nitrogens with zero attached hydrogens (tertiary/aromatic N) is 2. The number of hydrogen-bond acceptors (Lipinski definition) is 6. The van der Waals surface area contributed by atoms with Crippen LogP contribution in [0.2, 0.25) is 0 Å². The van der Waals surface area contributed by atoms with Crippen LogP contribution in [0.3, 0.4) is 0 Å². The molecule has 3 N–H and O–H groups in total. The van der Waals surface area contributed by atoms with Crippen molar-refractivity contribution in [2.24, 2.45) is 5.10 Å². The Morgan fingerprint density at radius 2 is 1.79 bits per heavy atom. The first-order valence-corrected chi connectivity index (χ1v) is 8.61. The van der Waals surface area contributed by atoms with Gasteiger partial charge in [0.15, 0.2) is 22.5 Å². The van der Waals surface area contributed by atoms with Gasteiger partial charge in [-0.3, -0.25) is 0 Å². The number of anilines is 1. The van der Waals surface area contributed by atoms with Crippen molar-refractivity contribution in [3.05, 3.63) is 48.3 Å².